The van der Waals surface area contributed by atoms with Crippen LogP contribution in [-0.4, -0.2) is 42.4 Å². The van der Waals surface area contributed by atoms with E-state index in [2.05, 4.69) is 5.32 Å². The number of carbonyl (C=O) groups is 2. The van der Waals surface area contributed by atoms with Crippen LogP contribution in [0.4, 0.5) is 0 Å². The van der Waals surface area contributed by atoms with E-state index in [9.17, 15) is 9.59 Å². The van der Waals surface area contributed by atoms with Crippen molar-refractivity contribution in [2.75, 3.05) is 19.6 Å². The molecule has 2 rings (SSSR count). The van der Waals surface area contributed by atoms with Crippen LogP contribution in [0.15, 0.2) is 0 Å². The highest BCUT2D eigenvalue weighted by atomic mass is 35.5. The van der Waals surface area contributed by atoms with Crippen molar-refractivity contribution < 1.29 is 9.59 Å². The van der Waals surface area contributed by atoms with Crippen molar-refractivity contribution in [3.63, 3.8) is 0 Å². The Morgan fingerprint density at radius 1 is 1.31 bits per heavy atom. The van der Waals surface area contributed by atoms with Gasteiger partial charge in [-0.05, 0) is 25.8 Å². The van der Waals surface area contributed by atoms with E-state index in [1.807, 2.05) is 0 Å². The molecule has 3 N–H and O–H groups in total. The second-order valence-corrected chi connectivity index (χ2v) is 4.28. The normalized spacial score (nSPS) is 28.9. The van der Waals surface area contributed by atoms with Gasteiger partial charge in [0.1, 0.15) is 6.04 Å². The van der Waals surface area contributed by atoms with Gasteiger partial charge in [-0.25, -0.2) is 0 Å². The molecule has 2 aliphatic heterocycles. The monoisotopic (exact) mass is 247 g/mol. The van der Waals surface area contributed by atoms with Crippen molar-refractivity contribution in [1.82, 2.24) is 10.2 Å². The first-order valence-corrected chi connectivity index (χ1v) is 5.50. The highest BCUT2D eigenvalue weighted by Crippen LogP contribution is 2.21. The summed E-state index contributed by atoms with van der Waals surface area (Å²) in [6.45, 7) is 2.31. The Morgan fingerprint density at radius 2 is 2.06 bits per heavy atom. The summed E-state index contributed by atoms with van der Waals surface area (Å²) in [5, 5.41) is 3.16. The number of hydrogen-bond donors (Lipinski definition) is 2. The second kappa shape index (κ2) is 5.50. The zero-order valence-electron chi connectivity index (χ0n) is 9.15. The Labute approximate surface area is 101 Å². The van der Waals surface area contributed by atoms with Crippen LogP contribution in [-0.2, 0) is 9.59 Å². The van der Waals surface area contributed by atoms with Crippen LogP contribution in [0.1, 0.15) is 19.3 Å². The molecular formula is C10H18ClN3O2. The van der Waals surface area contributed by atoms with E-state index in [1.165, 1.54) is 0 Å². The SMILES string of the molecule is Cl.NC(=O)C1CCCN1C(=O)C1CCNC1. The Kier molecular flexibility index (Phi) is 4.56. The van der Waals surface area contributed by atoms with E-state index < -0.39 is 0 Å². The number of rotatable bonds is 2. The smallest absolute Gasteiger partial charge is 0.240 e. The number of hydrogen-bond acceptors (Lipinski definition) is 3. The van der Waals surface area contributed by atoms with E-state index >= 15 is 0 Å². The number of halogens is 1. The maximum absolute atomic E-state index is 12.0. The summed E-state index contributed by atoms with van der Waals surface area (Å²) in [4.78, 5) is 24.9. The van der Waals surface area contributed by atoms with Crippen LogP contribution >= 0.6 is 12.4 Å². The van der Waals surface area contributed by atoms with Crippen LogP contribution in [0, 0.1) is 5.92 Å². The minimum Gasteiger partial charge on any atom is -0.368 e. The molecule has 0 radical (unpaired) electrons. The van der Waals surface area contributed by atoms with Crippen LogP contribution in [0.5, 0.6) is 0 Å². The first-order chi connectivity index (χ1) is 7.20. The molecule has 2 unspecified atom stereocenters. The van der Waals surface area contributed by atoms with Crippen LogP contribution < -0.4 is 11.1 Å². The number of likely N-dealkylation sites (tertiary alicyclic amines) is 1. The average molecular weight is 248 g/mol. The van der Waals surface area contributed by atoms with Crippen molar-refractivity contribution in [1.29, 1.82) is 0 Å². The third-order valence-electron chi connectivity index (χ3n) is 3.27. The van der Waals surface area contributed by atoms with Crippen molar-refractivity contribution >= 4 is 24.2 Å². The van der Waals surface area contributed by atoms with Gasteiger partial charge in [-0.1, -0.05) is 0 Å². The number of primary amides is 1. The number of carbonyl (C=O) groups excluding carboxylic acids is 2. The predicted molar refractivity (Wildman–Crippen MR) is 62.2 cm³/mol. The van der Waals surface area contributed by atoms with Gasteiger partial charge in [0.2, 0.25) is 11.8 Å². The number of nitrogens with two attached hydrogens (primary N) is 1. The summed E-state index contributed by atoms with van der Waals surface area (Å²) in [6.07, 6.45) is 2.49. The molecule has 5 nitrogen and oxygen atoms in total. The first-order valence-electron chi connectivity index (χ1n) is 5.50. The molecule has 6 heteroatoms. The molecule has 0 aromatic heterocycles. The minimum atomic E-state index is -0.369. The van der Waals surface area contributed by atoms with E-state index in [1.54, 1.807) is 4.90 Å². The molecule has 2 atom stereocenters. The largest absolute Gasteiger partial charge is 0.368 e. The molecule has 2 aliphatic rings. The Balaban J connectivity index is 0.00000128. The quantitative estimate of drug-likeness (QED) is 0.691. The van der Waals surface area contributed by atoms with E-state index in [-0.39, 0.29) is 36.2 Å². The number of nitrogens with one attached hydrogen (secondary N) is 1. The summed E-state index contributed by atoms with van der Waals surface area (Å²) in [5.74, 6) is -0.224. The predicted octanol–water partition coefficient (Wildman–Crippen LogP) is -0.506. The molecule has 0 bridgehead atoms. The molecule has 2 heterocycles. The minimum absolute atomic E-state index is 0. The van der Waals surface area contributed by atoms with E-state index in [0.29, 0.717) is 6.54 Å². The summed E-state index contributed by atoms with van der Waals surface area (Å²) >= 11 is 0. The summed E-state index contributed by atoms with van der Waals surface area (Å²) in [5.41, 5.74) is 5.28. The zero-order chi connectivity index (χ0) is 10.8. The molecule has 0 spiro atoms. The lowest BCUT2D eigenvalue weighted by Crippen LogP contribution is -2.46. The van der Waals surface area contributed by atoms with Crippen molar-refractivity contribution in [2.45, 2.75) is 25.3 Å². The van der Waals surface area contributed by atoms with Gasteiger partial charge in [-0.2, -0.15) is 0 Å². The van der Waals surface area contributed by atoms with Gasteiger partial charge in [0, 0.05) is 13.1 Å². The van der Waals surface area contributed by atoms with Gasteiger partial charge in [0.25, 0.3) is 0 Å². The maximum Gasteiger partial charge on any atom is 0.240 e. The van der Waals surface area contributed by atoms with Gasteiger partial charge in [0.05, 0.1) is 5.92 Å². The molecule has 0 aliphatic carbocycles. The topological polar surface area (TPSA) is 75.4 Å². The number of nitrogens with zero attached hydrogens (tertiary/aromatic N) is 1. The molecular weight excluding hydrogens is 230 g/mol. The first kappa shape index (κ1) is 13.3. The third-order valence-corrected chi connectivity index (χ3v) is 3.27. The van der Waals surface area contributed by atoms with Gasteiger partial charge in [-0.15, -0.1) is 12.4 Å². The van der Waals surface area contributed by atoms with Crippen LogP contribution in [0.2, 0.25) is 0 Å². The summed E-state index contributed by atoms with van der Waals surface area (Å²) in [6, 6.07) is -0.363. The fraction of sp³-hybridized carbons (Fsp3) is 0.800. The molecule has 0 aromatic carbocycles. The molecule has 0 aromatic rings. The highest BCUT2D eigenvalue weighted by molar-refractivity contribution is 5.88. The van der Waals surface area contributed by atoms with Gasteiger partial charge >= 0.3 is 0 Å². The molecule has 2 amide bonds. The molecule has 16 heavy (non-hydrogen) atoms. The van der Waals surface area contributed by atoms with Crippen molar-refractivity contribution in [3.05, 3.63) is 0 Å². The maximum atomic E-state index is 12.0. The number of amides is 2. The summed E-state index contributed by atoms with van der Waals surface area (Å²) in [7, 11) is 0. The molecule has 0 saturated carbocycles. The Morgan fingerprint density at radius 3 is 2.62 bits per heavy atom. The Hall–Kier alpha value is -0.810. The van der Waals surface area contributed by atoms with Crippen LogP contribution in [0.3, 0.4) is 0 Å². The standard InChI is InChI=1S/C10H17N3O2.ClH/c11-9(14)8-2-1-5-13(8)10(15)7-3-4-12-6-7;/h7-8,12H,1-6H2,(H2,11,14);1H. The van der Waals surface area contributed by atoms with Crippen molar-refractivity contribution in [2.24, 2.45) is 11.7 Å². The summed E-state index contributed by atoms with van der Waals surface area (Å²) < 4.78 is 0. The Bertz CT molecular complexity index is 279. The molecule has 2 saturated heterocycles. The van der Waals surface area contributed by atoms with Gasteiger partial charge in [0.15, 0.2) is 0 Å². The molecule has 92 valence electrons. The lowest BCUT2D eigenvalue weighted by atomic mass is 10.1. The van der Waals surface area contributed by atoms with Crippen LogP contribution in [0.25, 0.3) is 0 Å². The average Bonchev–Trinajstić information content (AvgIpc) is 2.88. The fourth-order valence-corrected chi connectivity index (χ4v) is 2.43. The third kappa shape index (κ3) is 2.47. The lowest BCUT2D eigenvalue weighted by molar-refractivity contribution is -0.140. The molecule has 2 fully saturated rings. The van der Waals surface area contributed by atoms with Gasteiger partial charge < -0.3 is 16.0 Å². The van der Waals surface area contributed by atoms with Crippen molar-refractivity contribution in [3.8, 4) is 0 Å². The fourth-order valence-electron chi connectivity index (χ4n) is 2.43. The zero-order valence-corrected chi connectivity index (χ0v) is 9.96. The second-order valence-electron chi connectivity index (χ2n) is 4.28. The highest BCUT2D eigenvalue weighted by Gasteiger charge is 2.36. The van der Waals surface area contributed by atoms with E-state index in [4.69, 9.17) is 5.73 Å². The van der Waals surface area contributed by atoms with E-state index in [0.717, 1.165) is 32.4 Å². The lowest BCUT2D eigenvalue weighted by Gasteiger charge is -2.24. The van der Waals surface area contributed by atoms with Gasteiger partial charge in [-0.3, -0.25) is 9.59 Å².